The van der Waals surface area contributed by atoms with Crippen LogP contribution < -0.4 is 5.73 Å². The summed E-state index contributed by atoms with van der Waals surface area (Å²) in [6.07, 6.45) is 1.75. The maximum atomic E-state index is 12.6. The van der Waals surface area contributed by atoms with Gasteiger partial charge in [0, 0.05) is 25.4 Å². The molecule has 0 aromatic heterocycles. The summed E-state index contributed by atoms with van der Waals surface area (Å²) in [6.45, 7) is 5.75. The zero-order valence-corrected chi connectivity index (χ0v) is 11.7. The number of rotatable bonds is 4. The summed E-state index contributed by atoms with van der Waals surface area (Å²) in [7, 11) is 0. The van der Waals surface area contributed by atoms with Gasteiger partial charge in [-0.3, -0.25) is 4.79 Å². The van der Waals surface area contributed by atoms with Crippen molar-refractivity contribution in [2.24, 2.45) is 0 Å². The van der Waals surface area contributed by atoms with Crippen molar-refractivity contribution in [2.75, 3.05) is 18.9 Å². The topological polar surface area (TPSA) is 55.6 Å². The minimum atomic E-state index is -0.653. The molecule has 0 aliphatic carbocycles. The average Bonchev–Trinajstić information content (AvgIpc) is 2.85. The monoisotopic (exact) mass is 262 g/mol. The smallest absolute Gasteiger partial charge is 0.254 e. The largest absolute Gasteiger partial charge is 0.398 e. The van der Waals surface area contributed by atoms with Gasteiger partial charge in [-0.15, -0.1) is 0 Å². The molecule has 1 saturated heterocycles. The predicted octanol–water partition coefficient (Wildman–Crippen LogP) is 2.19. The molecule has 1 fully saturated rings. The number of likely N-dealkylation sites (N-methyl/N-ethyl adjacent to an activating group) is 1. The standard InChI is InChI=1S/C15H22N2O2/c1-3-17(11-12-7-4-5-8-13(12)16)14(18)15(2)9-6-10-19-15/h4-5,7-8H,3,6,9-11,16H2,1-2H3. The van der Waals surface area contributed by atoms with Crippen molar-refractivity contribution in [2.45, 2.75) is 38.8 Å². The lowest BCUT2D eigenvalue weighted by atomic mass is 10.0. The molecule has 19 heavy (non-hydrogen) atoms. The van der Waals surface area contributed by atoms with Crippen molar-refractivity contribution in [1.29, 1.82) is 0 Å². The summed E-state index contributed by atoms with van der Waals surface area (Å²) >= 11 is 0. The molecule has 2 N–H and O–H groups in total. The Bertz CT molecular complexity index is 453. The van der Waals surface area contributed by atoms with Crippen LogP contribution in [0.15, 0.2) is 24.3 Å². The summed E-state index contributed by atoms with van der Waals surface area (Å²) in [5.74, 6) is 0.0655. The molecular formula is C15H22N2O2. The van der Waals surface area contributed by atoms with Gasteiger partial charge in [0.2, 0.25) is 0 Å². The molecule has 0 bridgehead atoms. The molecule has 1 aliphatic heterocycles. The van der Waals surface area contributed by atoms with E-state index in [9.17, 15) is 4.79 Å². The molecule has 1 aliphatic rings. The molecule has 2 rings (SSSR count). The normalized spacial score (nSPS) is 22.4. The first-order valence-electron chi connectivity index (χ1n) is 6.83. The Balaban J connectivity index is 2.12. The maximum absolute atomic E-state index is 12.6. The number of nitrogen functional groups attached to an aromatic ring is 1. The number of para-hydroxylation sites is 1. The zero-order valence-electron chi connectivity index (χ0n) is 11.7. The fourth-order valence-electron chi connectivity index (χ4n) is 2.49. The summed E-state index contributed by atoms with van der Waals surface area (Å²) in [5, 5.41) is 0. The Hall–Kier alpha value is -1.55. The highest BCUT2D eigenvalue weighted by atomic mass is 16.5. The number of nitrogens with two attached hydrogens (primary N) is 1. The summed E-state index contributed by atoms with van der Waals surface area (Å²) in [6, 6.07) is 7.67. The van der Waals surface area contributed by atoms with Crippen LogP contribution in [-0.2, 0) is 16.1 Å². The highest BCUT2D eigenvalue weighted by molar-refractivity contribution is 5.85. The number of anilines is 1. The van der Waals surface area contributed by atoms with Crippen LogP contribution in [0, 0.1) is 0 Å². The van der Waals surface area contributed by atoms with Gasteiger partial charge in [-0.25, -0.2) is 0 Å². The van der Waals surface area contributed by atoms with Gasteiger partial charge in [0.25, 0.3) is 5.91 Å². The lowest BCUT2D eigenvalue weighted by Crippen LogP contribution is -2.46. The molecule has 1 aromatic carbocycles. The van der Waals surface area contributed by atoms with Crippen LogP contribution in [0.4, 0.5) is 5.69 Å². The lowest BCUT2D eigenvalue weighted by molar-refractivity contribution is -0.151. The van der Waals surface area contributed by atoms with E-state index >= 15 is 0 Å². The van der Waals surface area contributed by atoms with Crippen molar-refractivity contribution in [3.05, 3.63) is 29.8 Å². The van der Waals surface area contributed by atoms with E-state index < -0.39 is 5.60 Å². The first kappa shape index (κ1) is 13.9. The summed E-state index contributed by atoms with van der Waals surface area (Å²) < 4.78 is 5.63. The van der Waals surface area contributed by atoms with Gasteiger partial charge in [0.15, 0.2) is 0 Å². The Labute approximate surface area is 114 Å². The van der Waals surface area contributed by atoms with Crippen LogP contribution in [0.25, 0.3) is 0 Å². The predicted molar refractivity (Wildman–Crippen MR) is 75.5 cm³/mol. The van der Waals surface area contributed by atoms with Crippen molar-refractivity contribution in [3.63, 3.8) is 0 Å². The molecule has 4 heteroatoms. The van der Waals surface area contributed by atoms with Gasteiger partial charge in [0.1, 0.15) is 5.60 Å². The number of carbonyl (C=O) groups is 1. The Kier molecular flexibility index (Phi) is 4.10. The van der Waals surface area contributed by atoms with E-state index in [0.717, 1.165) is 24.1 Å². The van der Waals surface area contributed by atoms with Crippen LogP contribution >= 0.6 is 0 Å². The van der Waals surface area contributed by atoms with Crippen LogP contribution in [0.2, 0.25) is 0 Å². The third-order valence-corrected chi connectivity index (χ3v) is 3.76. The Morgan fingerprint density at radius 3 is 2.79 bits per heavy atom. The van der Waals surface area contributed by atoms with Crippen molar-refractivity contribution < 1.29 is 9.53 Å². The fraction of sp³-hybridized carbons (Fsp3) is 0.533. The van der Waals surface area contributed by atoms with Crippen LogP contribution in [0.5, 0.6) is 0 Å². The van der Waals surface area contributed by atoms with E-state index in [1.807, 2.05) is 43.0 Å². The molecule has 1 heterocycles. The molecule has 1 amide bonds. The Morgan fingerprint density at radius 1 is 1.47 bits per heavy atom. The SMILES string of the molecule is CCN(Cc1ccccc1N)C(=O)C1(C)CCCO1. The van der Waals surface area contributed by atoms with E-state index in [1.54, 1.807) is 0 Å². The number of benzene rings is 1. The number of carbonyl (C=O) groups excluding carboxylic acids is 1. The van der Waals surface area contributed by atoms with Gasteiger partial charge in [-0.1, -0.05) is 18.2 Å². The van der Waals surface area contributed by atoms with Gasteiger partial charge in [0.05, 0.1) is 0 Å². The molecular weight excluding hydrogens is 240 g/mol. The highest BCUT2D eigenvalue weighted by Crippen LogP contribution is 2.28. The molecule has 4 nitrogen and oxygen atoms in total. The number of hydrogen-bond donors (Lipinski definition) is 1. The lowest BCUT2D eigenvalue weighted by Gasteiger charge is -2.30. The van der Waals surface area contributed by atoms with Gasteiger partial charge in [-0.2, -0.15) is 0 Å². The third-order valence-electron chi connectivity index (χ3n) is 3.76. The van der Waals surface area contributed by atoms with E-state index in [4.69, 9.17) is 10.5 Å². The van der Waals surface area contributed by atoms with E-state index in [2.05, 4.69) is 0 Å². The van der Waals surface area contributed by atoms with E-state index in [0.29, 0.717) is 19.7 Å². The number of ether oxygens (including phenoxy) is 1. The molecule has 0 radical (unpaired) electrons. The molecule has 1 atom stereocenters. The molecule has 0 saturated carbocycles. The van der Waals surface area contributed by atoms with E-state index in [-0.39, 0.29) is 5.91 Å². The first-order valence-corrected chi connectivity index (χ1v) is 6.83. The van der Waals surface area contributed by atoms with Crippen molar-refractivity contribution in [1.82, 2.24) is 4.90 Å². The van der Waals surface area contributed by atoms with Crippen LogP contribution in [0.3, 0.4) is 0 Å². The second-order valence-electron chi connectivity index (χ2n) is 5.20. The van der Waals surface area contributed by atoms with Gasteiger partial charge < -0.3 is 15.4 Å². The minimum Gasteiger partial charge on any atom is -0.398 e. The third kappa shape index (κ3) is 2.89. The number of amides is 1. The molecule has 1 aromatic rings. The second kappa shape index (κ2) is 5.61. The van der Waals surface area contributed by atoms with Crippen molar-refractivity contribution >= 4 is 11.6 Å². The zero-order chi connectivity index (χ0) is 13.9. The quantitative estimate of drug-likeness (QED) is 0.846. The van der Waals surface area contributed by atoms with Gasteiger partial charge >= 0.3 is 0 Å². The summed E-state index contributed by atoms with van der Waals surface area (Å²) in [5.41, 5.74) is 7.00. The number of hydrogen-bond acceptors (Lipinski definition) is 3. The molecule has 0 spiro atoms. The van der Waals surface area contributed by atoms with E-state index in [1.165, 1.54) is 0 Å². The first-order chi connectivity index (χ1) is 9.07. The molecule has 104 valence electrons. The highest BCUT2D eigenvalue weighted by Gasteiger charge is 2.40. The van der Waals surface area contributed by atoms with Gasteiger partial charge in [-0.05, 0) is 38.3 Å². The maximum Gasteiger partial charge on any atom is 0.254 e. The second-order valence-corrected chi connectivity index (χ2v) is 5.20. The number of nitrogens with zero attached hydrogens (tertiary/aromatic N) is 1. The minimum absolute atomic E-state index is 0.0655. The summed E-state index contributed by atoms with van der Waals surface area (Å²) in [4.78, 5) is 14.4. The molecule has 1 unspecified atom stereocenters. The average molecular weight is 262 g/mol. The Morgan fingerprint density at radius 2 is 2.21 bits per heavy atom. The van der Waals surface area contributed by atoms with Crippen LogP contribution in [-0.4, -0.2) is 29.6 Å². The van der Waals surface area contributed by atoms with Crippen LogP contribution in [0.1, 0.15) is 32.3 Å². The van der Waals surface area contributed by atoms with Crippen molar-refractivity contribution in [3.8, 4) is 0 Å². The fourth-order valence-corrected chi connectivity index (χ4v) is 2.49.